The molecule has 1 aliphatic rings. The number of aryl methyl sites for hydroxylation is 1. The van der Waals surface area contributed by atoms with E-state index in [1.807, 2.05) is 61.6 Å². The molecular weight excluding hydrogens is 418 g/mol. The number of esters is 1. The molecule has 0 radical (unpaired) electrons. The van der Waals surface area contributed by atoms with E-state index in [-0.39, 0.29) is 29.8 Å². The van der Waals surface area contributed by atoms with Gasteiger partial charge < -0.3 is 20.3 Å². The van der Waals surface area contributed by atoms with Gasteiger partial charge >= 0.3 is 5.97 Å². The van der Waals surface area contributed by atoms with Gasteiger partial charge in [-0.3, -0.25) is 9.59 Å². The molecule has 0 unspecified atom stereocenters. The molecule has 1 saturated carbocycles. The van der Waals surface area contributed by atoms with Gasteiger partial charge in [0.2, 0.25) is 5.91 Å². The van der Waals surface area contributed by atoms with Gasteiger partial charge in [-0.05, 0) is 56.6 Å². The Hall–Kier alpha value is -2.44. The number of aliphatic hydroxyl groups is 2. The van der Waals surface area contributed by atoms with E-state index in [9.17, 15) is 19.8 Å². The average molecular weight is 458 g/mol. The maximum Gasteiger partial charge on any atom is 0.303 e. The smallest absolute Gasteiger partial charge is 0.303 e. The number of amides is 1. The van der Waals surface area contributed by atoms with Crippen molar-refractivity contribution < 1.29 is 24.5 Å². The summed E-state index contributed by atoms with van der Waals surface area (Å²) in [5, 5.41) is 23.7. The fourth-order valence-electron chi connectivity index (χ4n) is 4.36. The summed E-state index contributed by atoms with van der Waals surface area (Å²) < 4.78 is 5.47. The van der Waals surface area contributed by atoms with Crippen LogP contribution in [0.1, 0.15) is 57.9 Å². The number of ether oxygens (including phenoxy) is 1. The van der Waals surface area contributed by atoms with Crippen LogP contribution in [-0.2, 0) is 20.7 Å². The third kappa shape index (κ3) is 9.93. The van der Waals surface area contributed by atoms with Crippen molar-refractivity contribution in [3.8, 4) is 0 Å². The molecule has 5 atom stereocenters. The molecule has 33 heavy (non-hydrogen) atoms. The zero-order chi connectivity index (χ0) is 24.1. The highest BCUT2D eigenvalue weighted by molar-refractivity contribution is 5.75. The molecule has 1 aliphatic carbocycles. The zero-order valence-electron chi connectivity index (χ0n) is 19.9. The minimum atomic E-state index is -0.625. The summed E-state index contributed by atoms with van der Waals surface area (Å²) in [5.41, 5.74) is 1.18. The van der Waals surface area contributed by atoms with E-state index < -0.39 is 12.2 Å². The van der Waals surface area contributed by atoms with Crippen LogP contribution in [0, 0.1) is 11.8 Å². The molecule has 1 amide bonds. The Morgan fingerprint density at radius 1 is 1.18 bits per heavy atom. The first-order valence-electron chi connectivity index (χ1n) is 12.1. The first-order valence-corrected chi connectivity index (χ1v) is 12.1. The lowest BCUT2D eigenvalue weighted by molar-refractivity contribution is -0.144. The molecule has 0 spiro atoms. The number of aliphatic hydroxyl groups excluding tert-OH is 2. The lowest BCUT2D eigenvalue weighted by Gasteiger charge is -2.20. The maximum absolute atomic E-state index is 11.6. The van der Waals surface area contributed by atoms with Gasteiger partial charge in [0.15, 0.2) is 0 Å². The molecule has 0 bridgehead atoms. The van der Waals surface area contributed by atoms with Crippen molar-refractivity contribution in [1.29, 1.82) is 0 Å². The predicted octanol–water partition coefficient (Wildman–Crippen LogP) is 3.72. The van der Waals surface area contributed by atoms with Crippen molar-refractivity contribution in [2.75, 3.05) is 6.54 Å². The third-order valence-electron chi connectivity index (χ3n) is 6.07. The molecule has 182 valence electrons. The molecule has 0 heterocycles. The minimum absolute atomic E-state index is 0.0695. The Labute approximate surface area is 197 Å². The highest BCUT2D eigenvalue weighted by atomic mass is 16.5. The van der Waals surface area contributed by atoms with Gasteiger partial charge in [0.25, 0.3) is 0 Å². The summed E-state index contributed by atoms with van der Waals surface area (Å²) in [4.78, 5) is 23.1. The normalized spacial score (nSPS) is 23.8. The number of carbonyl (C=O) groups is 2. The first kappa shape index (κ1) is 26.8. The largest absolute Gasteiger partial charge is 0.458 e. The van der Waals surface area contributed by atoms with E-state index in [1.165, 1.54) is 12.5 Å². The number of rotatable bonds is 13. The van der Waals surface area contributed by atoms with Crippen LogP contribution in [0.25, 0.3) is 0 Å². The highest BCUT2D eigenvalue weighted by Gasteiger charge is 2.39. The summed E-state index contributed by atoms with van der Waals surface area (Å²) in [7, 11) is 0. The van der Waals surface area contributed by atoms with Gasteiger partial charge in [-0.1, -0.05) is 48.6 Å². The monoisotopic (exact) mass is 457 g/mol. The van der Waals surface area contributed by atoms with Crippen molar-refractivity contribution in [2.24, 2.45) is 11.8 Å². The van der Waals surface area contributed by atoms with Crippen molar-refractivity contribution in [1.82, 2.24) is 5.32 Å². The van der Waals surface area contributed by atoms with E-state index in [1.54, 1.807) is 0 Å². The lowest BCUT2D eigenvalue weighted by Crippen LogP contribution is -2.22. The topological polar surface area (TPSA) is 95.9 Å². The Bertz CT molecular complexity index is 776. The summed E-state index contributed by atoms with van der Waals surface area (Å²) in [6.45, 7) is 3.95. The SMILES string of the molecule is CCNC(=O)CCC/C=C\C[C@@H]1[C@@H](/C=C/[C@H](CCc2ccccc2)OC(C)=O)[C@H](O)C[C@@H]1O. The molecule has 2 rings (SSSR count). The van der Waals surface area contributed by atoms with Crippen molar-refractivity contribution >= 4 is 11.9 Å². The number of carbonyl (C=O) groups excluding carboxylic acids is 2. The van der Waals surface area contributed by atoms with Gasteiger partial charge in [-0.15, -0.1) is 0 Å². The Balaban J connectivity index is 1.91. The van der Waals surface area contributed by atoms with E-state index >= 15 is 0 Å². The highest BCUT2D eigenvalue weighted by Crippen LogP contribution is 2.36. The summed E-state index contributed by atoms with van der Waals surface area (Å²) >= 11 is 0. The number of allylic oxidation sites excluding steroid dienone is 2. The standard InChI is InChI=1S/C27H39NO5/c1-3-28-27(32)14-10-5-4-9-13-23-24(26(31)19-25(23)30)18-17-22(33-20(2)29)16-15-21-11-7-6-8-12-21/h4,6-9,11-12,17-18,22-26,30-31H,3,5,10,13-16,19H2,1-2H3,(H,28,32)/b9-4-,18-17+/t22-,23+,24+,25-,26+/m0/s1. The fourth-order valence-corrected chi connectivity index (χ4v) is 4.36. The molecule has 0 aliphatic heterocycles. The van der Waals surface area contributed by atoms with Gasteiger partial charge in [0.05, 0.1) is 12.2 Å². The molecule has 6 heteroatoms. The van der Waals surface area contributed by atoms with Crippen molar-refractivity contribution in [2.45, 2.75) is 77.1 Å². The molecule has 6 nitrogen and oxygen atoms in total. The van der Waals surface area contributed by atoms with Gasteiger partial charge in [-0.25, -0.2) is 0 Å². The number of hydrogen-bond donors (Lipinski definition) is 3. The predicted molar refractivity (Wildman–Crippen MR) is 129 cm³/mol. The van der Waals surface area contributed by atoms with Gasteiger partial charge in [0, 0.05) is 32.2 Å². The summed E-state index contributed by atoms with van der Waals surface area (Å²) in [6, 6.07) is 10.0. The Kier molecular flexibility index (Phi) is 11.9. The average Bonchev–Trinajstić information content (AvgIpc) is 3.05. The maximum atomic E-state index is 11.6. The second kappa shape index (κ2) is 14.7. The second-order valence-electron chi connectivity index (χ2n) is 8.72. The molecule has 3 N–H and O–H groups in total. The second-order valence-corrected chi connectivity index (χ2v) is 8.72. The van der Waals surface area contributed by atoms with E-state index in [0.717, 1.165) is 19.3 Å². The molecule has 1 aromatic carbocycles. The summed E-state index contributed by atoms with van der Waals surface area (Å²) in [6.07, 6.45) is 10.8. The minimum Gasteiger partial charge on any atom is -0.458 e. The summed E-state index contributed by atoms with van der Waals surface area (Å²) in [5.74, 6) is -0.561. The van der Waals surface area contributed by atoms with Crippen LogP contribution in [0.4, 0.5) is 0 Å². The molecular formula is C27H39NO5. The van der Waals surface area contributed by atoms with Crippen LogP contribution < -0.4 is 5.32 Å². The number of hydrogen-bond acceptors (Lipinski definition) is 5. The Morgan fingerprint density at radius 2 is 1.94 bits per heavy atom. The van der Waals surface area contributed by atoms with Crippen LogP contribution in [0.2, 0.25) is 0 Å². The zero-order valence-corrected chi connectivity index (χ0v) is 19.9. The first-order chi connectivity index (χ1) is 15.9. The fraction of sp³-hybridized carbons (Fsp3) is 0.556. The lowest BCUT2D eigenvalue weighted by atomic mass is 9.89. The van der Waals surface area contributed by atoms with Crippen LogP contribution in [0.3, 0.4) is 0 Å². The molecule has 1 aromatic rings. The number of nitrogens with one attached hydrogen (secondary N) is 1. The number of unbranched alkanes of at least 4 members (excludes halogenated alkanes) is 1. The van der Waals surface area contributed by atoms with Crippen molar-refractivity contribution in [3.63, 3.8) is 0 Å². The number of benzene rings is 1. The van der Waals surface area contributed by atoms with Crippen LogP contribution in [-0.4, -0.2) is 46.9 Å². The van der Waals surface area contributed by atoms with E-state index in [2.05, 4.69) is 5.32 Å². The van der Waals surface area contributed by atoms with Crippen LogP contribution in [0.5, 0.6) is 0 Å². The van der Waals surface area contributed by atoms with Gasteiger partial charge in [-0.2, -0.15) is 0 Å². The van der Waals surface area contributed by atoms with Gasteiger partial charge in [0.1, 0.15) is 6.10 Å². The third-order valence-corrected chi connectivity index (χ3v) is 6.07. The van der Waals surface area contributed by atoms with E-state index in [0.29, 0.717) is 32.2 Å². The molecule has 0 aromatic heterocycles. The van der Waals surface area contributed by atoms with Crippen LogP contribution in [0.15, 0.2) is 54.6 Å². The van der Waals surface area contributed by atoms with E-state index in [4.69, 9.17) is 4.74 Å². The van der Waals surface area contributed by atoms with Crippen LogP contribution >= 0.6 is 0 Å². The van der Waals surface area contributed by atoms with Crippen molar-refractivity contribution in [3.05, 3.63) is 60.2 Å². The molecule has 0 saturated heterocycles. The Morgan fingerprint density at radius 3 is 2.64 bits per heavy atom. The quantitative estimate of drug-likeness (QED) is 0.238. The molecule has 1 fully saturated rings.